The van der Waals surface area contributed by atoms with Crippen LogP contribution >= 0.6 is 11.8 Å². The number of rotatable bonds is 4. The smallest absolute Gasteiger partial charge is 0.147 e. The zero-order valence-electron chi connectivity index (χ0n) is 12.3. The number of aryl methyl sites for hydroxylation is 3. The summed E-state index contributed by atoms with van der Waals surface area (Å²) in [4.78, 5) is 10.2. The van der Waals surface area contributed by atoms with Gasteiger partial charge < -0.3 is 5.43 Å². The molecule has 0 aliphatic heterocycles. The maximum atomic E-state index is 5.54. The zero-order chi connectivity index (χ0) is 14.7. The Kier molecular flexibility index (Phi) is 4.62. The third kappa shape index (κ3) is 3.11. The van der Waals surface area contributed by atoms with E-state index in [0.717, 1.165) is 22.8 Å². The van der Waals surface area contributed by atoms with Gasteiger partial charge in [-0.15, -0.1) is 0 Å². The molecule has 3 N–H and O–H groups in total. The number of hydrogen-bond donors (Lipinski definition) is 2. The van der Waals surface area contributed by atoms with Crippen molar-refractivity contribution in [3.8, 4) is 0 Å². The molecule has 0 unspecified atom stereocenters. The highest BCUT2D eigenvalue weighted by Gasteiger charge is 2.12. The van der Waals surface area contributed by atoms with Crippen molar-refractivity contribution in [3.05, 3.63) is 40.7 Å². The summed E-state index contributed by atoms with van der Waals surface area (Å²) in [5, 5.41) is 0.957. The Balaban J connectivity index is 2.44. The van der Waals surface area contributed by atoms with Crippen molar-refractivity contribution in [2.45, 2.75) is 44.0 Å². The molecule has 0 bridgehead atoms. The van der Waals surface area contributed by atoms with Crippen molar-refractivity contribution in [2.24, 2.45) is 5.84 Å². The second-order valence-electron chi connectivity index (χ2n) is 4.79. The lowest BCUT2D eigenvalue weighted by Gasteiger charge is -2.12. The van der Waals surface area contributed by atoms with E-state index in [1.54, 1.807) is 11.8 Å². The van der Waals surface area contributed by atoms with Gasteiger partial charge in [-0.2, -0.15) is 0 Å². The lowest BCUT2D eigenvalue weighted by atomic mass is 10.2. The van der Waals surface area contributed by atoms with Crippen molar-refractivity contribution in [3.63, 3.8) is 0 Å². The molecule has 1 heterocycles. The van der Waals surface area contributed by atoms with Crippen LogP contribution in [0, 0.1) is 20.8 Å². The van der Waals surface area contributed by atoms with E-state index in [2.05, 4.69) is 47.4 Å². The predicted octanol–water partition coefficient (Wildman–Crippen LogP) is 3.40. The van der Waals surface area contributed by atoms with Gasteiger partial charge in [0.15, 0.2) is 0 Å². The molecule has 0 atom stereocenters. The van der Waals surface area contributed by atoms with Gasteiger partial charge in [0, 0.05) is 16.9 Å². The second kappa shape index (κ2) is 6.24. The Hall–Kier alpha value is -1.59. The van der Waals surface area contributed by atoms with E-state index in [1.807, 2.05) is 13.8 Å². The van der Waals surface area contributed by atoms with E-state index in [9.17, 15) is 0 Å². The van der Waals surface area contributed by atoms with E-state index in [4.69, 9.17) is 5.84 Å². The van der Waals surface area contributed by atoms with Gasteiger partial charge in [0.2, 0.25) is 0 Å². The summed E-state index contributed by atoms with van der Waals surface area (Å²) in [5.74, 6) is 7.04. The molecule has 0 saturated heterocycles. The molecule has 0 saturated carbocycles. The average Bonchev–Trinajstić information content (AvgIpc) is 2.45. The first kappa shape index (κ1) is 14.8. The number of nitrogens with zero attached hydrogens (tertiary/aromatic N) is 2. The molecule has 0 spiro atoms. The highest BCUT2D eigenvalue weighted by molar-refractivity contribution is 7.99. The maximum Gasteiger partial charge on any atom is 0.147 e. The number of hydrazine groups is 1. The van der Waals surface area contributed by atoms with Crippen molar-refractivity contribution in [1.29, 1.82) is 0 Å². The fourth-order valence-electron chi connectivity index (χ4n) is 1.86. The Morgan fingerprint density at radius 3 is 2.60 bits per heavy atom. The van der Waals surface area contributed by atoms with Gasteiger partial charge >= 0.3 is 0 Å². The first-order valence-electron chi connectivity index (χ1n) is 6.64. The van der Waals surface area contributed by atoms with Gasteiger partial charge in [-0.1, -0.05) is 30.8 Å². The van der Waals surface area contributed by atoms with Gasteiger partial charge in [-0.3, -0.25) is 0 Å². The van der Waals surface area contributed by atoms with Crippen LogP contribution in [-0.4, -0.2) is 9.97 Å². The number of nitrogens with two attached hydrogens (primary N) is 1. The van der Waals surface area contributed by atoms with E-state index >= 15 is 0 Å². The third-order valence-corrected chi connectivity index (χ3v) is 4.40. The number of hydrogen-bond acceptors (Lipinski definition) is 5. The molecule has 4 nitrogen and oxygen atoms in total. The first-order valence-corrected chi connectivity index (χ1v) is 7.46. The summed E-state index contributed by atoms with van der Waals surface area (Å²) >= 11 is 1.67. The van der Waals surface area contributed by atoms with Crippen LogP contribution < -0.4 is 11.3 Å². The quantitative estimate of drug-likeness (QED) is 0.513. The number of nitrogen functional groups attached to an aromatic ring is 1. The highest BCUT2D eigenvalue weighted by atomic mass is 32.2. The predicted molar refractivity (Wildman–Crippen MR) is 84.0 cm³/mol. The molecular weight excluding hydrogens is 268 g/mol. The fraction of sp³-hybridized carbons (Fsp3) is 0.333. The third-order valence-electron chi connectivity index (χ3n) is 3.15. The Labute approximate surface area is 124 Å². The van der Waals surface area contributed by atoms with Crippen molar-refractivity contribution in [1.82, 2.24) is 9.97 Å². The molecule has 0 radical (unpaired) electrons. The van der Waals surface area contributed by atoms with Crippen LogP contribution in [0.2, 0.25) is 0 Å². The standard InChI is InChI=1S/C15H20N4S/c1-5-13-17-14(19-16)11(4)15(18-13)20-12-8-9(2)6-7-10(12)3/h6-8H,5,16H2,1-4H3,(H,17,18,19). The molecule has 106 valence electrons. The van der Waals surface area contributed by atoms with Gasteiger partial charge in [0.25, 0.3) is 0 Å². The summed E-state index contributed by atoms with van der Waals surface area (Å²) < 4.78 is 0. The topological polar surface area (TPSA) is 63.8 Å². The molecule has 1 aromatic carbocycles. The van der Waals surface area contributed by atoms with Crippen LogP contribution in [0.1, 0.15) is 29.4 Å². The number of anilines is 1. The number of aromatic nitrogens is 2. The van der Waals surface area contributed by atoms with Crippen LogP contribution in [-0.2, 0) is 6.42 Å². The van der Waals surface area contributed by atoms with E-state index in [-0.39, 0.29) is 0 Å². The first-order chi connectivity index (χ1) is 9.55. The average molecular weight is 288 g/mol. The second-order valence-corrected chi connectivity index (χ2v) is 5.82. The largest absolute Gasteiger partial charge is 0.308 e. The van der Waals surface area contributed by atoms with Gasteiger partial charge in [0.1, 0.15) is 16.7 Å². The van der Waals surface area contributed by atoms with Crippen LogP contribution in [0.15, 0.2) is 28.1 Å². The Morgan fingerprint density at radius 2 is 1.95 bits per heavy atom. The Morgan fingerprint density at radius 1 is 1.20 bits per heavy atom. The molecule has 20 heavy (non-hydrogen) atoms. The van der Waals surface area contributed by atoms with Crippen molar-refractivity contribution < 1.29 is 0 Å². The van der Waals surface area contributed by atoms with Crippen molar-refractivity contribution in [2.75, 3.05) is 5.43 Å². The molecule has 0 aliphatic carbocycles. The molecule has 2 aromatic rings. The molecule has 0 fully saturated rings. The summed E-state index contributed by atoms with van der Waals surface area (Å²) in [5.41, 5.74) is 6.14. The summed E-state index contributed by atoms with van der Waals surface area (Å²) in [6.45, 7) is 8.24. The summed E-state index contributed by atoms with van der Waals surface area (Å²) in [6.07, 6.45) is 0.787. The van der Waals surface area contributed by atoms with E-state index in [0.29, 0.717) is 5.82 Å². The lowest BCUT2D eigenvalue weighted by Crippen LogP contribution is -2.13. The monoisotopic (exact) mass is 288 g/mol. The molecule has 2 rings (SSSR count). The normalized spacial score (nSPS) is 10.7. The summed E-state index contributed by atoms with van der Waals surface area (Å²) in [6, 6.07) is 6.44. The van der Waals surface area contributed by atoms with E-state index in [1.165, 1.54) is 16.0 Å². The molecule has 5 heteroatoms. The molecule has 1 aromatic heterocycles. The number of nitrogens with one attached hydrogen (secondary N) is 1. The van der Waals surface area contributed by atoms with E-state index < -0.39 is 0 Å². The van der Waals surface area contributed by atoms with Gasteiger partial charge in [-0.05, 0) is 38.0 Å². The van der Waals surface area contributed by atoms with Crippen LogP contribution in [0.5, 0.6) is 0 Å². The SMILES string of the molecule is CCc1nc(NN)c(C)c(Sc2cc(C)ccc2C)n1. The highest BCUT2D eigenvalue weighted by Crippen LogP contribution is 2.33. The van der Waals surface area contributed by atoms with Crippen LogP contribution in [0.3, 0.4) is 0 Å². The zero-order valence-corrected chi connectivity index (χ0v) is 13.1. The van der Waals surface area contributed by atoms with Gasteiger partial charge in [-0.25, -0.2) is 15.8 Å². The fourth-order valence-corrected chi connectivity index (χ4v) is 2.94. The summed E-state index contributed by atoms with van der Waals surface area (Å²) in [7, 11) is 0. The minimum atomic E-state index is 0.699. The maximum absolute atomic E-state index is 5.54. The molecule has 0 amide bonds. The minimum Gasteiger partial charge on any atom is -0.308 e. The van der Waals surface area contributed by atoms with Crippen LogP contribution in [0.25, 0.3) is 0 Å². The minimum absolute atomic E-state index is 0.699. The molecule has 0 aliphatic rings. The number of benzene rings is 1. The van der Waals surface area contributed by atoms with Gasteiger partial charge in [0.05, 0.1) is 0 Å². The lowest BCUT2D eigenvalue weighted by molar-refractivity contribution is 0.871. The Bertz CT molecular complexity index is 626. The van der Waals surface area contributed by atoms with Crippen LogP contribution in [0.4, 0.5) is 5.82 Å². The molecular formula is C15H20N4S. The van der Waals surface area contributed by atoms with Crippen molar-refractivity contribution >= 4 is 17.6 Å².